The molecule has 1 aliphatic rings. The number of aromatic nitrogens is 2. The topological polar surface area (TPSA) is 70.2 Å². The zero-order valence-corrected chi connectivity index (χ0v) is 16.5. The van der Waals surface area contributed by atoms with Crippen molar-refractivity contribution in [2.75, 3.05) is 25.1 Å². The van der Waals surface area contributed by atoms with Gasteiger partial charge in [0.15, 0.2) is 0 Å². The number of nitrogens with one attached hydrogen (secondary N) is 2. The van der Waals surface area contributed by atoms with Crippen LogP contribution in [0.15, 0.2) is 42.5 Å². The smallest absolute Gasteiger partial charge is 0.253 e. The molecule has 0 aliphatic carbocycles. The molecule has 30 heavy (non-hydrogen) atoms. The van der Waals surface area contributed by atoms with E-state index in [9.17, 15) is 13.6 Å². The van der Waals surface area contributed by atoms with Gasteiger partial charge in [0.1, 0.15) is 17.4 Å². The van der Waals surface area contributed by atoms with Crippen LogP contribution in [0.1, 0.15) is 28.9 Å². The maximum atomic E-state index is 13.8. The first-order valence-electron chi connectivity index (χ1n) is 9.76. The lowest BCUT2D eigenvalue weighted by Crippen LogP contribution is -2.27. The van der Waals surface area contributed by atoms with Crippen molar-refractivity contribution < 1.29 is 18.3 Å². The van der Waals surface area contributed by atoms with Crippen LogP contribution in [0.5, 0.6) is 5.75 Å². The molecule has 0 spiro atoms. The van der Waals surface area contributed by atoms with Gasteiger partial charge < -0.3 is 15.0 Å². The second-order valence-electron chi connectivity index (χ2n) is 7.16. The average molecular weight is 412 g/mol. The number of hydrogen-bond donors (Lipinski definition) is 2. The molecule has 8 heteroatoms. The predicted octanol–water partition coefficient (Wildman–Crippen LogP) is 3.89. The van der Waals surface area contributed by atoms with E-state index in [2.05, 4.69) is 20.4 Å². The highest BCUT2D eigenvalue weighted by Gasteiger charge is 2.20. The number of methoxy groups -OCH3 is 1. The number of rotatable bonds is 6. The first-order chi connectivity index (χ1) is 14.5. The molecule has 2 heterocycles. The summed E-state index contributed by atoms with van der Waals surface area (Å²) in [6.45, 7) is 1.87. The Kier molecular flexibility index (Phi) is 5.65. The van der Waals surface area contributed by atoms with Crippen LogP contribution in [0.2, 0.25) is 0 Å². The Bertz CT molecular complexity index is 1060. The van der Waals surface area contributed by atoms with Gasteiger partial charge in [0.25, 0.3) is 5.91 Å². The Balaban J connectivity index is 1.49. The molecule has 0 bridgehead atoms. The molecule has 156 valence electrons. The highest BCUT2D eigenvalue weighted by molar-refractivity contribution is 5.99. The summed E-state index contributed by atoms with van der Waals surface area (Å²) < 4.78 is 32.7. The number of hydrogen-bond acceptors (Lipinski definition) is 4. The third kappa shape index (κ3) is 4.12. The van der Waals surface area contributed by atoms with E-state index < -0.39 is 11.6 Å². The number of benzene rings is 2. The van der Waals surface area contributed by atoms with E-state index in [1.54, 1.807) is 12.1 Å². The van der Waals surface area contributed by atoms with E-state index in [-0.39, 0.29) is 12.5 Å². The molecule has 1 aromatic heterocycles. The zero-order chi connectivity index (χ0) is 21.1. The van der Waals surface area contributed by atoms with Crippen LogP contribution in [0.25, 0.3) is 11.3 Å². The fourth-order valence-corrected chi connectivity index (χ4v) is 3.67. The van der Waals surface area contributed by atoms with E-state index in [0.29, 0.717) is 28.3 Å². The van der Waals surface area contributed by atoms with Crippen molar-refractivity contribution in [3.63, 3.8) is 0 Å². The Hall–Kier alpha value is -3.42. The minimum absolute atomic E-state index is 0.166. The van der Waals surface area contributed by atoms with Gasteiger partial charge in [-0.25, -0.2) is 8.78 Å². The largest absolute Gasteiger partial charge is 0.496 e. The Labute approximate surface area is 172 Å². The molecule has 0 radical (unpaired) electrons. The maximum Gasteiger partial charge on any atom is 0.253 e. The molecule has 4 rings (SSSR count). The van der Waals surface area contributed by atoms with Crippen LogP contribution >= 0.6 is 0 Å². The molecule has 2 aromatic carbocycles. The lowest BCUT2D eigenvalue weighted by Gasteiger charge is -2.21. The lowest BCUT2D eigenvalue weighted by atomic mass is 10.1. The summed E-state index contributed by atoms with van der Waals surface area (Å²) in [6.07, 6.45) is 2.11. The summed E-state index contributed by atoms with van der Waals surface area (Å²) in [4.78, 5) is 14.9. The van der Waals surface area contributed by atoms with Crippen LogP contribution in [-0.4, -0.2) is 36.3 Å². The summed E-state index contributed by atoms with van der Waals surface area (Å²) in [7, 11) is 1.50. The molecule has 1 amide bonds. The molecular weight excluding hydrogens is 390 g/mol. The summed E-state index contributed by atoms with van der Waals surface area (Å²) in [5.41, 5.74) is 2.68. The van der Waals surface area contributed by atoms with Crippen LogP contribution in [0.4, 0.5) is 14.5 Å². The molecule has 1 fully saturated rings. The van der Waals surface area contributed by atoms with Gasteiger partial charge in [-0.2, -0.15) is 5.10 Å². The van der Waals surface area contributed by atoms with Crippen molar-refractivity contribution in [3.8, 4) is 17.0 Å². The molecule has 0 unspecified atom stereocenters. The molecular formula is C22H22F2N4O2. The van der Waals surface area contributed by atoms with Gasteiger partial charge in [-0.1, -0.05) is 0 Å². The van der Waals surface area contributed by atoms with Crippen LogP contribution < -0.4 is 15.0 Å². The van der Waals surface area contributed by atoms with Crippen molar-refractivity contribution in [1.82, 2.24) is 15.5 Å². The second-order valence-corrected chi connectivity index (χ2v) is 7.16. The molecule has 6 nitrogen and oxygen atoms in total. The van der Waals surface area contributed by atoms with Gasteiger partial charge in [-0.15, -0.1) is 0 Å². The summed E-state index contributed by atoms with van der Waals surface area (Å²) in [6, 6.07) is 10.2. The normalized spacial score (nSPS) is 13.5. The van der Waals surface area contributed by atoms with E-state index in [1.165, 1.54) is 37.4 Å². The standard InChI is InChI=1S/C22H22F2N4O2/c1-30-21-7-5-15(24)10-17(21)19-12-16(26-27-19)13-25-22(29)18-11-14(23)4-6-20(18)28-8-2-3-9-28/h4-7,10-12H,2-3,8-9,13H2,1H3,(H,25,29)(H,26,27). The number of halogens is 2. The van der Waals surface area contributed by atoms with Crippen LogP contribution in [-0.2, 0) is 6.54 Å². The first kappa shape index (κ1) is 19.9. The van der Waals surface area contributed by atoms with Crippen molar-refractivity contribution in [2.45, 2.75) is 19.4 Å². The number of carbonyl (C=O) groups is 1. The predicted molar refractivity (Wildman–Crippen MR) is 110 cm³/mol. The molecule has 3 aromatic rings. The summed E-state index contributed by atoms with van der Waals surface area (Å²) in [5.74, 6) is -0.723. The van der Waals surface area contributed by atoms with Crippen LogP contribution in [0, 0.1) is 11.6 Å². The van der Waals surface area contributed by atoms with Gasteiger partial charge in [-0.3, -0.25) is 9.89 Å². The quantitative estimate of drug-likeness (QED) is 0.644. The lowest BCUT2D eigenvalue weighted by molar-refractivity contribution is 0.0950. The Morgan fingerprint density at radius 2 is 1.87 bits per heavy atom. The molecule has 2 N–H and O–H groups in total. The fraction of sp³-hybridized carbons (Fsp3) is 0.273. The second kappa shape index (κ2) is 8.52. The number of nitrogens with zero attached hydrogens (tertiary/aromatic N) is 2. The Morgan fingerprint density at radius 3 is 2.63 bits per heavy atom. The van der Waals surface area contributed by atoms with Gasteiger partial charge >= 0.3 is 0 Å². The van der Waals surface area contributed by atoms with Gasteiger partial charge in [0.05, 0.1) is 30.6 Å². The minimum atomic E-state index is -0.454. The van der Waals surface area contributed by atoms with Gasteiger partial charge in [-0.05, 0) is 55.3 Å². The number of aromatic amines is 1. The molecule has 1 aliphatic heterocycles. The number of H-pyrrole nitrogens is 1. The van der Waals surface area contributed by atoms with Crippen LogP contribution in [0.3, 0.4) is 0 Å². The number of amides is 1. The summed E-state index contributed by atoms with van der Waals surface area (Å²) in [5, 5.41) is 9.83. The average Bonchev–Trinajstić information content (AvgIpc) is 3.44. The van der Waals surface area contributed by atoms with E-state index >= 15 is 0 Å². The summed E-state index contributed by atoms with van der Waals surface area (Å²) >= 11 is 0. The molecule has 0 saturated carbocycles. The van der Waals surface area contributed by atoms with Crippen molar-refractivity contribution in [3.05, 3.63) is 65.4 Å². The van der Waals surface area contributed by atoms with Crippen molar-refractivity contribution in [1.29, 1.82) is 0 Å². The fourth-order valence-electron chi connectivity index (χ4n) is 3.67. The van der Waals surface area contributed by atoms with E-state index in [0.717, 1.165) is 31.6 Å². The van der Waals surface area contributed by atoms with Crippen molar-refractivity contribution in [2.24, 2.45) is 0 Å². The zero-order valence-electron chi connectivity index (χ0n) is 16.5. The highest BCUT2D eigenvalue weighted by Crippen LogP contribution is 2.30. The third-order valence-electron chi connectivity index (χ3n) is 5.16. The highest BCUT2D eigenvalue weighted by atomic mass is 19.1. The van der Waals surface area contributed by atoms with Crippen molar-refractivity contribution >= 4 is 11.6 Å². The molecule has 0 atom stereocenters. The number of anilines is 1. The first-order valence-corrected chi connectivity index (χ1v) is 9.76. The van der Waals surface area contributed by atoms with E-state index in [1.807, 2.05) is 0 Å². The maximum absolute atomic E-state index is 13.8. The number of ether oxygens (including phenoxy) is 1. The number of carbonyl (C=O) groups excluding carboxylic acids is 1. The minimum Gasteiger partial charge on any atom is -0.496 e. The van der Waals surface area contributed by atoms with Gasteiger partial charge in [0.2, 0.25) is 0 Å². The Morgan fingerprint density at radius 1 is 1.13 bits per heavy atom. The SMILES string of the molecule is COc1ccc(F)cc1-c1cc(CNC(=O)c2cc(F)ccc2N2CCCC2)[nH]n1. The molecule has 1 saturated heterocycles. The van der Waals surface area contributed by atoms with E-state index in [4.69, 9.17) is 4.74 Å². The monoisotopic (exact) mass is 412 g/mol. The third-order valence-corrected chi connectivity index (χ3v) is 5.16. The van der Waals surface area contributed by atoms with Gasteiger partial charge in [0, 0.05) is 24.3 Å².